The second-order valence-electron chi connectivity index (χ2n) is 3.94. The Morgan fingerprint density at radius 3 is 2.00 bits per heavy atom. The van der Waals surface area contributed by atoms with Gasteiger partial charge in [0.05, 0.1) is 5.56 Å². The van der Waals surface area contributed by atoms with Crippen LogP contribution in [-0.2, 0) is 4.79 Å². The van der Waals surface area contributed by atoms with Crippen LogP contribution in [0.4, 0.5) is 5.69 Å². The molecule has 1 aromatic carbocycles. The van der Waals surface area contributed by atoms with E-state index in [0.717, 1.165) is 0 Å². The number of aromatic carboxylic acids is 1. The molecular formula is C11H13NO4. The maximum atomic E-state index is 10.8. The van der Waals surface area contributed by atoms with Crippen molar-refractivity contribution in [1.82, 2.24) is 0 Å². The molecule has 0 aliphatic rings. The van der Waals surface area contributed by atoms with Crippen LogP contribution in [0.5, 0.6) is 0 Å². The van der Waals surface area contributed by atoms with Gasteiger partial charge in [0.25, 0.3) is 0 Å². The molecule has 0 unspecified atom stereocenters. The molecule has 0 fully saturated rings. The van der Waals surface area contributed by atoms with Crippen LogP contribution in [0.1, 0.15) is 24.2 Å². The van der Waals surface area contributed by atoms with Gasteiger partial charge >= 0.3 is 11.9 Å². The van der Waals surface area contributed by atoms with Crippen LogP contribution < -0.4 is 5.32 Å². The summed E-state index contributed by atoms with van der Waals surface area (Å²) in [7, 11) is 0. The second kappa shape index (κ2) is 4.22. The van der Waals surface area contributed by atoms with Crippen LogP contribution >= 0.6 is 0 Å². The molecule has 0 spiro atoms. The summed E-state index contributed by atoms with van der Waals surface area (Å²) < 4.78 is 0. The smallest absolute Gasteiger partial charge is 0.335 e. The highest BCUT2D eigenvalue weighted by Crippen LogP contribution is 2.16. The van der Waals surface area contributed by atoms with Crippen LogP contribution in [0.3, 0.4) is 0 Å². The van der Waals surface area contributed by atoms with Crippen molar-refractivity contribution in [3.63, 3.8) is 0 Å². The van der Waals surface area contributed by atoms with E-state index in [0.29, 0.717) is 5.69 Å². The number of hydrogen-bond donors (Lipinski definition) is 3. The highest BCUT2D eigenvalue weighted by molar-refractivity contribution is 5.88. The van der Waals surface area contributed by atoms with Crippen molar-refractivity contribution in [2.45, 2.75) is 19.4 Å². The summed E-state index contributed by atoms with van der Waals surface area (Å²) in [5.41, 5.74) is -0.360. The number of carboxylic acids is 2. The molecule has 3 N–H and O–H groups in total. The van der Waals surface area contributed by atoms with E-state index in [1.165, 1.54) is 38.1 Å². The Morgan fingerprint density at radius 2 is 1.62 bits per heavy atom. The molecule has 0 heterocycles. The number of aliphatic carboxylic acids is 1. The third-order valence-corrected chi connectivity index (χ3v) is 2.12. The van der Waals surface area contributed by atoms with Gasteiger partial charge < -0.3 is 15.5 Å². The van der Waals surface area contributed by atoms with Crippen molar-refractivity contribution in [2.75, 3.05) is 5.32 Å². The van der Waals surface area contributed by atoms with Crippen molar-refractivity contribution in [2.24, 2.45) is 0 Å². The summed E-state index contributed by atoms with van der Waals surface area (Å²) in [6, 6.07) is 5.91. The molecule has 1 rings (SSSR count). The van der Waals surface area contributed by atoms with Gasteiger partial charge in [0, 0.05) is 5.69 Å². The molecule has 0 bridgehead atoms. The van der Waals surface area contributed by atoms with Gasteiger partial charge in [0.15, 0.2) is 0 Å². The summed E-state index contributed by atoms with van der Waals surface area (Å²) in [5.74, 6) is -1.99. The largest absolute Gasteiger partial charge is 0.480 e. The lowest BCUT2D eigenvalue weighted by Crippen LogP contribution is -2.39. The van der Waals surface area contributed by atoms with Crippen molar-refractivity contribution >= 4 is 17.6 Å². The van der Waals surface area contributed by atoms with Crippen molar-refractivity contribution in [1.29, 1.82) is 0 Å². The predicted octanol–water partition coefficient (Wildman–Crippen LogP) is 1.66. The molecule has 0 atom stereocenters. The van der Waals surface area contributed by atoms with Gasteiger partial charge in [-0.1, -0.05) is 0 Å². The lowest BCUT2D eigenvalue weighted by Gasteiger charge is -2.22. The molecule has 0 saturated carbocycles. The predicted molar refractivity (Wildman–Crippen MR) is 58.7 cm³/mol. The zero-order valence-electron chi connectivity index (χ0n) is 9.02. The van der Waals surface area contributed by atoms with Crippen LogP contribution in [0.25, 0.3) is 0 Å². The fourth-order valence-corrected chi connectivity index (χ4v) is 1.11. The minimum absolute atomic E-state index is 0.165. The van der Waals surface area contributed by atoms with E-state index in [1.54, 1.807) is 0 Å². The Kier molecular flexibility index (Phi) is 3.17. The number of hydrogen-bond acceptors (Lipinski definition) is 3. The normalized spacial score (nSPS) is 10.9. The molecular weight excluding hydrogens is 210 g/mol. The van der Waals surface area contributed by atoms with Gasteiger partial charge in [-0.3, -0.25) is 0 Å². The van der Waals surface area contributed by atoms with E-state index in [2.05, 4.69) is 5.32 Å². The molecule has 5 heteroatoms. The standard InChI is InChI=1S/C11H13NO4/c1-11(2,10(15)16)12-8-5-3-7(4-6-8)9(13)14/h3-6,12H,1-2H3,(H,13,14)(H,15,16). The Bertz CT molecular complexity index is 408. The average molecular weight is 223 g/mol. The van der Waals surface area contributed by atoms with Gasteiger partial charge in [0.2, 0.25) is 0 Å². The third-order valence-electron chi connectivity index (χ3n) is 2.12. The van der Waals surface area contributed by atoms with E-state index < -0.39 is 17.5 Å². The van der Waals surface area contributed by atoms with E-state index in [1.807, 2.05) is 0 Å². The second-order valence-corrected chi connectivity index (χ2v) is 3.94. The first-order valence-corrected chi connectivity index (χ1v) is 4.68. The number of benzene rings is 1. The Hall–Kier alpha value is -2.04. The molecule has 0 aliphatic heterocycles. The van der Waals surface area contributed by atoms with E-state index in [-0.39, 0.29) is 5.56 Å². The SMILES string of the molecule is CC(C)(Nc1ccc(C(=O)O)cc1)C(=O)O. The number of rotatable bonds is 4. The van der Waals surface area contributed by atoms with Crippen molar-refractivity contribution in [3.8, 4) is 0 Å². The fraction of sp³-hybridized carbons (Fsp3) is 0.273. The van der Waals surface area contributed by atoms with Gasteiger partial charge in [-0.05, 0) is 38.1 Å². The minimum Gasteiger partial charge on any atom is -0.480 e. The zero-order chi connectivity index (χ0) is 12.3. The number of nitrogens with one attached hydrogen (secondary N) is 1. The van der Waals surface area contributed by atoms with E-state index in [9.17, 15) is 9.59 Å². The van der Waals surface area contributed by atoms with Gasteiger partial charge in [-0.2, -0.15) is 0 Å². The zero-order valence-corrected chi connectivity index (χ0v) is 9.02. The molecule has 0 amide bonds. The maximum Gasteiger partial charge on any atom is 0.335 e. The minimum atomic E-state index is -1.09. The van der Waals surface area contributed by atoms with Crippen molar-refractivity contribution < 1.29 is 19.8 Å². The van der Waals surface area contributed by atoms with Gasteiger partial charge in [-0.15, -0.1) is 0 Å². The average Bonchev–Trinajstić information content (AvgIpc) is 2.17. The van der Waals surface area contributed by atoms with E-state index >= 15 is 0 Å². The summed E-state index contributed by atoms with van der Waals surface area (Å²) >= 11 is 0. The summed E-state index contributed by atoms with van der Waals surface area (Å²) in [5, 5.41) is 20.4. The number of carboxylic acid groups (broad SMARTS) is 2. The molecule has 16 heavy (non-hydrogen) atoms. The van der Waals surface area contributed by atoms with Gasteiger partial charge in [0.1, 0.15) is 5.54 Å². The molecule has 0 saturated heterocycles. The first-order valence-electron chi connectivity index (χ1n) is 4.68. The Labute approximate surface area is 92.7 Å². The van der Waals surface area contributed by atoms with Crippen LogP contribution in [0.2, 0.25) is 0 Å². The molecule has 0 radical (unpaired) electrons. The summed E-state index contributed by atoms with van der Waals surface area (Å²) in [6.07, 6.45) is 0. The first-order chi connectivity index (χ1) is 7.33. The van der Waals surface area contributed by atoms with Crippen molar-refractivity contribution in [3.05, 3.63) is 29.8 Å². The summed E-state index contributed by atoms with van der Waals surface area (Å²) in [4.78, 5) is 21.4. The highest BCUT2D eigenvalue weighted by atomic mass is 16.4. The third kappa shape index (κ3) is 2.73. The van der Waals surface area contributed by atoms with Crippen LogP contribution in [-0.4, -0.2) is 27.7 Å². The van der Waals surface area contributed by atoms with Crippen LogP contribution in [0, 0.1) is 0 Å². The Balaban J connectivity index is 2.84. The van der Waals surface area contributed by atoms with E-state index in [4.69, 9.17) is 10.2 Å². The molecule has 1 aromatic rings. The molecule has 0 aromatic heterocycles. The lowest BCUT2D eigenvalue weighted by atomic mass is 10.1. The number of carbonyl (C=O) groups is 2. The quantitative estimate of drug-likeness (QED) is 0.722. The highest BCUT2D eigenvalue weighted by Gasteiger charge is 2.26. The monoisotopic (exact) mass is 223 g/mol. The molecule has 0 aliphatic carbocycles. The molecule has 5 nitrogen and oxygen atoms in total. The summed E-state index contributed by atoms with van der Waals surface area (Å²) in [6.45, 7) is 3.06. The topological polar surface area (TPSA) is 86.6 Å². The van der Waals surface area contributed by atoms with Gasteiger partial charge in [-0.25, -0.2) is 9.59 Å². The molecule has 86 valence electrons. The van der Waals surface area contributed by atoms with Crippen LogP contribution in [0.15, 0.2) is 24.3 Å². The Morgan fingerprint density at radius 1 is 1.12 bits per heavy atom. The fourth-order valence-electron chi connectivity index (χ4n) is 1.11. The number of anilines is 1. The lowest BCUT2D eigenvalue weighted by molar-refractivity contribution is -0.141. The first kappa shape index (κ1) is 12.0. The maximum absolute atomic E-state index is 10.8.